The van der Waals surface area contributed by atoms with E-state index in [1.54, 1.807) is 6.20 Å². The van der Waals surface area contributed by atoms with E-state index in [1.807, 2.05) is 103 Å². The first-order valence-corrected chi connectivity index (χ1v) is 32.3. The van der Waals surface area contributed by atoms with E-state index in [0.717, 1.165) is 132 Å². The molecule has 10 heteroatoms. The number of benzene rings is 14. The monoisotopic (exact) mass is 1240 g/mol. The van der Waals surface area contributed by atoms with Crippen molar-refractivity contribution < 1.29 is 13.3 Å². The third-order valence-corrected chi connectivity index (χ3v) is 19.1. The molecule has 14 aromatic carbocycles. The maximum Gasteiger partial charge on any atom is 0.164 e. The average Bonchev–Trinajstić information content (AvgIpc) is 1.52. The third kappa shape index (κ3) is 8.85. The molecule has 0 saturated carbocycles. The number of rotatable bonds is 9. The number of pyridine rings is 1. The first kappa shape index (κ1) is 54.3. The summed E-state index contributed by atoms with van der Waals surface area (Å²) in [6, 6.07) is 98.8. The second-order valence-electron chi connectivity index (χ2n) is 24.6. The molecule has 0 amide bonds. The number of para-hydroxylation sites is 2. The largest absolute Gasteiger partial charge is 0.455 e. The molecular weight excluding hydrogens is 1190 g/mol. The fourth-order valence-corrected chi connectivity index (χ4v) is 14.5. The molecule has 0 aliphatic rings. The Morgan fingerprint density at radius 2 is 0.701 bits per heavy atom. The Morgan fingerprint density at radius 3 is 1.40 bits per heavy atom. The molecule has 0 spiro atoms. The zero-order chi connectivity index (χ0) is 63.7. The van der Waals surface area contributed by atoms with Crippen molar-refractivity contribution in [3.05, 3.63) is 298 Å². The maximum atomic E-state index is 7.09. The Kier molecular flexibility index (Phi) is 12.1. The summed E-state index contributed by atoms with van der Waals surface area (Å²) in [6.45, 7) is 0. The van der Waals surface area contributed by atoms with E-state index in [1.165, 1.54) is 26.9 Å². The van der Waals surface area contributed by atoms with Crippen LogP contribution in [-0.2, 0) is 0 Å². The predicted molar refractivity (Wildman–Crippen MR) is 392 cm³/mol. The van der Waals surface area contributed by atoms with Gasteiger partial charge in [-0.05, 0) is 132 Å². The van der Waals surface area contributed by atoms with Gasteiger partial charge >= 0.3 is 0 Å². The molecule has 0 fully saturated rings. The zero-order valence-corrected chi connectivity index (χ0v) is 51.6. The Bertz CT molecular complexity index is 6650. The van der Waals surface area contributed by atoms with Crippen LogP contribution in [0.15, 0.2) is 311 Å². The molecule has 0 aliphatic carbocycles. The molecule has 6 heterocycles. The lowest BCUT2D eigenvalue weighted by Crippen LogP contribution is -2.01. The summed E-state index contributed by atoms with van der Waals surface area (Å²) in [5.41, 5.74) is 15.0. The van der Waals surface area contributed by atoms with Crippen LogP contribution in [0.2, 0.25) is 0 Å². The van der Waals surface area contributed by atoms with Gasteiger partial charge in [0.2, 0.25) is 0 Å². The minimum Gasteiger partial charge on any atom is -0.455 e. The average molecular weight is 1240 g/mol. The van der Waals surface area contributed by atoms with E-state index in [-0.39, 0.29) is 0 Å². The van der Waals surface area contributed by atoms with Gasteiger partial charge in [-0.1, -0.05) is 218 Å². The first-order chi connectivity index (χ1) is 48.0. The van der Waals surface area contributed by atoms with Crippen LogP contribution in [0.25, 0.3) is 211 Å². The van der Waals surface area contributed by atoms with Gasteiger partial charge in [0.15, 0.2) is 40.5 Å². The quantitative estimate of drug-likeness (QED) is 0.129. The number of hydrogen-bond acceptors (Lipinski definition) is 10. The van der Waals surface area contributed by atoms with Crippen molar-refractivity contribution in [1.29, 1.82) is 0 Å². The highest BCUT2D eigenvalue weighted by Crippen LogP contribution is 2.49. The Labute approximate surface area is 553 Å². The van der Waals surface area contributed by atoms with Crippen molar-refractivity contribution in [2.24, 2.45) is 0 Å². The van der Waals surface area contributed by atoms with E-state index in [4.69, 9.17) is 43.2 Å². The molecule has 0 atom stereocenters. The van der Waals surface area contributed by atoms with Gasteiger partial charge in [0.1, 0.15) is 27.9 Å². The molecular formula is C87H49N7O3. The highest BCUT2D eigenvalue weighted by Gasteiger charge is 2.27. The zero-order valence-electron chi connectivity index (χ0n) is 51.6. The highest BCUT2D eigenvalue weighted by atomic mass is 16.3. The molecule has 0 bridgehead atoms. The van der Waals surface area contributed by atoms with Crippen LogP contribution in [0.1, 0.15) is 0 Å². The van der Waals surface area contributed by atoms with Gasteiger partial charge < -0.3 is 13.3 Å². The number of furan rings is 3. The van der Waals surface area contributed by atoms with E-state index >= 15 is 0 Å². The van der Waals surface area contributed by atoms with Crippen LogP contribution in [0.3, 0.4) is 0 Å². The molecule has 450 valence electrons. The second kappa shape index (κ2) is 21.6. The summed E-state index contributed by atoms with van der Waals surface area (Å²) in [4.78, 5) is 36.4. The molecule has 10 nitrogen and oxygen atoms in total. The van der Waals surface area contributed by atoms with Crippen molar-refractivity contribution in [3.8, 4) is 102 Å². The van der Waals surface area contributed by atoms with Gasteiger partial charge in [-0.25, -0.2) is 29.9 Å². The molecule has 0 aliphatic heterocycles. The van der Waals surface area contributed by atoms with Gasteiger partial charge in [-0.3, -0.25) is 4.98 Å². The van der Waals surface area contributed by atoms with Gasteiger partial charge in [0, 0.05) is 83.0 Å². The SMILES string of the molecule is c1ccc(-c2nc(-c3cccc(-c4ccc(-c5ccc(-c6nc(-c7ccccc7)nc(-c7ccc8ccccc8c7)n6)c6c5oc5ccccc56)c5oc6ccccc6c45)c3)nc(-c3cc(-c4cc5c6ccccc6ccc5c5ccccc45)cc4oc5cnccc5c34)n2)cc1. The van der Waals surface area contributed by atoms with Gasteiger partial charge in [0.05, 0.1) is 6.20 Å². The summed E-state index contributed by atoms with van der Waals surface area (Å²) in [6.07, 6.45) is 3.59. The summed E-state index contributed by atoms with van der Waals surface area (Å²) in [5, 5.41) is 14.8. The minimum absolute atomic E-state index is 0.504. The highest BCUT2D eigenvalue weighted by molar-refractivity contribution is 6.23. The fourth-order valence-electron chi connectivity index (χ4n) is 14.5. The van der Waals surface area contributed by atoms with Crippen LogP contribution in [0.5, 0.6) is 0 Å². The summed E-state index contributed by atoms with van der Waals surface area (Å²) in [7, 11) is 0. The standard InChI is InChI=1S/C87H49N7O3/c1-3-20-52(21-4-1)82-90-85(57-35-34-50-18-7-8-24-54(50)44-57)93-86(91-82)69-41-40-65(81-79(69)67-31-14-16-33-74(67)97-81)64-39-38-60(78-66-30-13-15-32-73(66)96-80(64)78)55-25-17-26-56(45-55)84-89-83(53-22-5-2-6-23-53)92-87(94-84)72-46-58(47-75-77(72)68-42-43-88-49-76(68)95-75)70-48-71-59-27-10-9-19-51(59)36-37-63(71)61-28-11-12-29-62(61)70/h1-49H. The summed E-state index contributed by atoms with van der Waals surface area (Å²) < 4.78 is 20.9. The summed E-state index contributed by atoms with van der Waals surface area (Å²) in [5.74, 6) is 3.23. The first-order valence-electron chi connectivity index (χ1n) is 32.3. The topological polar surface area (TPSA) is 130 Å². The number of nitrogens with zero attached hydrogens (tertiary/aromatic N) is 7. The molecule has 0 saturated heterocycles. The van der Waals surface area contributed by atoms with Gasteiger partial charge in [-0.2, -0.15) is 0 Å². The van der Waals surface area contributed by atoms with Crippen molar-refractivity contribution in [2.45, 2.75) is 0 Å². The number of fused-ring (bicyclic) bond motifs is 15. The molecule has 6 aromatic heterocycles. The molecule has 97 heavy (non-hydrogen) atoms. The number of aromatic nitrogens is 7. The van der Waals surface area contributed by atoms with Crippen LogP contribution < -0.4 is 0 Å². The lowest BCUT2D eigenvalue weighted by atomic mass is 9.90. The summed E-state index contributed by atoms with van der Waals surface area (Å²) >= 11 is 0. The van der Waals surface area contributed by atoms with Crippen LogP contribution >= 0.6 is 0 Å². The van der Waals surface area contributed by atoms with Crippen LogP contribution in [0, 0.1) is 0 Å². The third-order valence-electron chi connectivity index (χ3n) is 19.1. The van der Waals surface area contributed by atoms with Gasteiger partial charge in [-0.15, -0.1) is 0 Å². The van der Waals surface area contributed by atoms with E-state index in [2.05, 4.69) is 193 Å². The van der Waals surface area contributed by atoms with Crippen LogP contribution in [0.4, 0.5) is 0 Å². The number of hydrogen-bond donors (Lipinski definition) is 0. The van der Waals surface area contributed by atoms with E-state index in [0.29, 0.717) is 51.7 Å². The smallest absolute Gasteiger partial charge is 0.164 e. The van der Waals surface area contributed by atoms with Crippen LogP contribution in [-0.4, -0.2) is 34.9 Å². The van der Waals surface area contributed by atoms with Crippen molar-refractivity contribution in [2.75, 3.05) is 0 Å². The van der Waals surface area contributed by atoms with Crippen molar-refractivity contribution >= 4 is 109 Å². The molecule has 0 unspecified atom stereocenters. The lowest BCUT2D eigenvalue weighted by molar-refractivity contribution is 0.665. The van der Waals surface area contributed by atoms with Crippen molar-refractivity contribution in [1.82, 2.24) is 34.9 Å². The predicted octanol–water partition coefficient (Wildman–Crippen LogP) is 22.8. The Hall–Kier alpha value is -13.3. The molecule has 20 aromatic rings. The normalized spacial score (nSPS) is 11.9. The van der Waals surface area contributed by atoms with E-state index in [9.17, 15) is 0 Å². The molecule has 20 rings (SSSR count). The lowest BCUT2D eigenvalue weighted by Gasteiger charge is -2.15. The fraction of sp³-hybridized carbons (Fsp3) is 0. The van der Waals surface area contributed by atoms with Crippen molar-refractivity contribution in [3.63, 3.8) is 0 Å². The van der Waals surface area contributed by atoms with E-state index < -0.39 is 0 Å². The minimum atomic E-state index is 0.504. The maximum absolute atomic E-state index is 7.09. The Balaban J connectivity index is 0.758. The molecule has 0 radical (unpaired) electrons. The molecule has 0 N–H and O–H groups in total. The second-order valence-corrected chi connectivity index (χ2v) is 24.6. The Morgan fingerprint density at radius 1 is 0.206 bits per heavy atom. The van der Waals surface area contributed by atoms with Gasteiger partial charge in [0.25, 0.3) is 0 Å².